The van der Waals surface area contributed by atoms with Crippen LogP contribution in [0.5, 0.6) is 0 Å². The molecule has 5 heteroatoms. The number of likely N-dealkylation sites (tertiary alicyclic amines) is 1. The molecule has 1 unspecified atom stereocenters. The smallest absolute Gasteiger partial charge is 0.272 e. The van der Waals surface area contributed by atoms with Gasteiger partial charge in [-0.15, -0.1) is 0 Å². The summed E-state index contributed by atoms with van der Waals surface area (Å²) in [6.45, 7) is 12.2. The van der Waals surface area contributed by atoms with Crippen molar-refractivity contribution in [3.63, 3.8) is 0 Å². The summed E-state index contributed by atoms with van der Waals surface area (Å²) >= 11 is 0. The molecule has 0 aliphatic carbocycles. The Balaban J connectivity index is 1.78. The van der Waals surface area contributed by atoms with E-state index < -0.39 is 0 Å². The first-order chi connectivity index (χ1) is 12.7. The second kappa shape index (κ2) is 7.67. The molecular weight excluding hydrogens is 336 g/mol. The number of hydrogen-bond acceptors (Lipinski definition) is 4. The van der Waals surface area contributed by atoms with E-state index in [1.807, 2.05) is 24.0 Å². The van der Waals surface area contributed by atoms with E-state index >= 15 is 0 Å². The van der Waals surface area contributed by atoms with E-state index in [0.29, 0.717) is 23.3 Å². The molecule has 5 nitrogen and oxygen atoms in total. The van der Waals surface area contributed by atoms with Crippen LogP contribution >= 0.6 is 0 Å². The summed E-state index contributed by atoms with van der Waals surface area (Å²) in [6.07, 6.45) is 2.24. The fourth-order valence-electron chi connectivity index (χ4n) is 3.48. The molecule has 27 heavy (non-hydrogen) atoms. The summed E-state index contributed by atoms with van der Waals surface area (Å²) in [5.41, 5.74) is 2.81. The summed E-state index contributed by atoms with van der Waals surface area (Å²) in [7, 11) is 0. The minimum atomic E-state index is -0.00168. The van der Waals surface area contributed by atoms with Gasteiger partial charge in [-0.05, 0) is 48.8 Å². The largest absolute Gasteiger partial charge is 0.340 e. The quantitative estimate of drug-likeness (QED) is 0.855. The summed E-state index contributed by atoms with van der Waals surface area (Å²) < 4.78 is 0. The number of hydrogen-bond donors (Lipinski definition) is 1. The lowest BCUT2D eigenvalue weighted by molar-refractivity contribution is 0.0676. The Morgan fingerprint density at radius 2 is 1.89 bits per heavy atom. The van der Waals surface area contributed by atoms with Crippen molar-refractivity contribution in [1.29, 1.82) is 0 Å². The van der Waals surface area contributed by atoms with Crippen molar-refractivity contribution >= 4 is 17.4 Å². The SMILES string of the molecule is Cc1nc(Nc2ccc(C(C)(C)C)cc2)cc(C(=O)N2CCCC(C)C2)n1. The standard InChI is InChI=1S/C22H30N4O/c1-15-7-6-12-26(14-15)21(27)19-13-20(24-16(2)23-19)25-18-10-8-17(9-11-18)22(3,4)5/h8-11,13,15H,6-7,12,14H2,1-5H3,(H,23,24,25). The van der Waals surface area contributed by atoms with Gasteiger partial charge in [-0.3, -0.25) is 4.79 Å². The number of amides is 1. The highest BCUT2D eigenvalue weighted by Gasteiger charge is 2.23. The Morgan fingerprint density at radius 1 is 1.19 bits per heavy atom. The first-order valence-electron chi connectivity index (χ1n) is 9.75. The molecule has 1 aliphatic rings. The van der Waals surface area contributed by atoms with Gasteiger partial charge in [0.2, 0.25) is 0 Å². The lowest BCUT2D eigenvalue weighted by atomic mass is 9.87. The zero-order valence-corrected chi connectivity index (χ0v) is 17.0. The van der Waals surface area contributed by atoms with Crippen LogP contribution < -0.4 is 5.32 Å². The van der Waals surface area contributed by atoms with E-state index in [0.717, 1.165) is 25.2 Å². The summed E-state index contributed by atoms with van der Waals surface area (Å²) in [5.74, 6) is 1.79. The van der Waals surface area contributed by atoms with Crippen molar-refractivity contribution in [2.24, 2.45) is 5.92 Å². The third kappa shape index (κ3) is 4.85. The normalized spacial score (nSPS) is 17.7. The van der Waals surface area contributed by atoms with Gasteiger partial charge in [0.15, 0.2) is 0 Å². The molecule has 0 saturated carbocycles. The van der Waals surface area contributed by atoms with Gasteiger partial charge in [0.1, 0.15) is 17.3 Å². The van der Waals surface area contributed by atoms with E-state index in [2.05, 4.69) is 55.1 Å². The van der Waals surface area contributed by atoms with Crippen LogP contribution in [0.3, 0.4) is 0 Å². The number of carbonyl (C=O) groups excluding carboxylic acids is 1. The van der Waals surface area contributed by atoms with Crippen LogP contribution in [-0.2, 0) is 5.41 Å². The lowest BCUT2D eigenvalue weighted by Gasteiger charge is -2.30. The predicted octanol–water partition coefficient (Wildman–Crippen LogP) is 4.70. The van der Waals surface area contributed by atoms with Crippen LogP contribution in [0.4, 0.5) is 11.5 Å². The maximum absolute atomic E-state index is 12.9. The molecule has 2 aromatic rings. The summed E-state index contributed by atoms with van der Waals surface area (Å²) in [5, 5.41) is 3.31. The van der Waals surface area contributed by atoms with Gasteiger partial charge >= 0.3 is 0 Å². The number of carbonyl (C=O) groups is 1. The fraction of sp³-hybridized carbons (Fsp3) is 0.500. The predicted molar refractivity (Wildman–Crippen MR) is 109 cm³/mol. The Bertz CT molecular complexity index is 808. The van der Waals surface area contributed by atoms with Crippen molar-refractivity contribution < 1.29 is 4.79 Å². The molecule has 1 saturated heterocycles. The number of benzene rings is 1. The van der Waals surface area contributed by atoms with Crippen LogP contribution in [0.15, 0.2) is 30.3 Å². The van der Waals surface area contributed by atoms with Gasteiger partial charge in [-0.2, -0.15) is 0 Å². The summed E-state index contributed by atoms with van der Waals surface area (Å²) in [4.78, 5) is 23.6. The van der Waals surface area contributed by atoms with E-state index in [-0.39, 0.29) is 11.3 Å². The van der Waals surface area contributed by atoms with Crippen molar-refractivity contribution in [1.82, 2.24) is 14.9 Å². The first kappa shape index (κ1) is 19.3. The zero-order valence-electron chi connectivity index (χ0n) is 17.0. The second-order valence-electron chi connectivity index (χ2n) is 8.64. The van der Waals surface area contributed by atoms with Gasteiger partial charge in [0.05, 0.1) is 0 Å². The maximum Gasteiger partial charge on any atom is 0.272 e. The van der Waals surface area contributed by atoms with Crippen LogP contribution in [0.25, 0.3) is 0 Å². The minimum Gasteiger partial charge on any atom is -0.340 e. The third-order valence-electron chi connectivity index (χ3n) is 5.02. The van der Waals surface area contributed by atoms with Crippen molar-refractivity contribution in [3.8, 4) is 0 Å². The highest BCUT2D eigenvalue weighted by molar-refractivity contribution is 5.93. The Labute approximate surface area is 162 Å². The van der Waals surface area contributed by atoms with Gasteiger partial charge in [0.25, 0.3) is 5.91 Å². The average molecular weight is 367 g/mol. The van der Waals surface area contributed by atoms with E-state index in [9.17, 15) is 4.79 Å². The lowest BCUT2D eigenvalue weighted by Crippen LogP contribution is -2.39. The molecular formula is C22H30N4O. The molecule has 1 aromatic carbocycles. The average Bonchev–Trinajstić information content (AvgIpc) is 2.60. The summed E-state index contributed by atoms with van der Waals surface area (Å²) in [6, 6.07) is 10.1. The monoisotopic (exact) mass is 366 g/mol. The molecule has 1 aromatic heterocycles. The van der Waals surface area contributed by atoms with E-state index in [1.165, 1.54) is 12.0 Å². The Kier molecular flexibility index (Phi) is 5.49. The topological polar surface area (TPSA) is 58.1 Å². The van der Waals surface area contributed by atoms with E-state index in [1.54, 1.807) is 6.07 Å². The van der Waals surface area contributed by atoms with Crippen molar-refractivity contribution in [3.05, 3.63) is 47.4 Å². The molecule has 144 valence electrons. The number of nitrogens with one attached hydrogen (secondary N) is 1. The number of anilines is 2. The number of aryl methyl sites for hydroxylation is 1. The van der Waals surface area contributed by atoms with Gasteiger partial charge in [0, 0.05) is 24.8 Å². The maximum atomic E-state index is 12.9. The molecule has 1 atom stereocenters. The number of nitrogens with zero attached hydrogens (tertiary/aromatic N) is 3. The van der Waals surface area contributed by atoms with Crippen LogP contribution in [0.1, 0.15) is 62.4 Å². The molecule has 0 bridgehead atoms. The molecule has 1 fully saturated rings. The van der Waals surface area contributed by atoms with E-state index in [4.69, 9.17) is 0 Å². The first-order valence-corrected chi connectivity index (χ1v) is 9.75. The molecule has 1 amide bonds. The van der Waals surface area contributed by atoms with Crippen molar-refractivity contribution in [2.75, 3.05) is 18.4 Å². The molecule has 0 spiro atoms. The third-order valence-corrected chi connectivity index (χ3v) is 5.02. The van der Waals surface area contributed by atoms with Crippen LogP contribution in [0.2, 0.25) is 0 Å². The van der Waals surface area contributed by atoms with Gasteiger partial charge in [-0.1, -0.05) is 39.8 Å². The Hall–Kier alpha value is -2.43. The molecule has 1 N–H and O–H groups in total. The molecule has 2 heterocycles. The molecule has 3 rings (SSSR count). The minimum absolute atomic E-state index is 0.00168. The second-order valence-corrected chi connectivity index (χ2v) is 8.64. The number of aromatic nitrogens is 2. The Morgan fingerprint density at radius 3 is 2.52 bits per heavy atom. The van der Waals surface area contributed by atoms with Crippen LogP contribution in [0, 0.1) is 12.8 Å². The molecule has 0 radical (unpaired) electrons. The van der Waals surface area contributed by atoms with Crippen molar-refractivity contribution in [2.45, 2.75) is 52.9 Å². The highest BCUT2D eigenvalue weighted by Crippen LogP contribution is 2.25. The van der Waals surface area contributed by atoms with Gasteiger partial charge < -0.3 is 10.2 Å². The number of rotatable bonds is 3. The zero-order chi connectivity index (χ0) is 19.6. The molecule has 1 aliphatic heterocycles. The van der Waals surface area contributed by atoms with Crippen LogP contribution in [-0.4, -0.2) is 33.9 Å². The fourth-order valence-corrected chi connectivity index (χ4v) is 3.48. The highest BCUT2D eigenvalue weighted by atomic mass is 16.2. The number of piperidine rings is 1. The van der Waals surface area contributed by atoms with Gasteiger partial charge in [-0.25, -0.2) is 9.97 Å².